The molecule has 1 amide bonds. The third-order valence-electron chi connectivity index (χ3n) is 3.83. The molecule has 1 aliphatic rings. The van der Waals surface area contributed by atoms with Crippen molar-refractivity contribution in [2.24, 2.45) is 5.92 Å². The number of carbonyl (C=O) groups is 1. The maximum atomic E-state index is 11.9. The van der Waals surface area contributed by atoms with E-state index in [0.717, 1.165) is 37.4 Å². The fraction of sp³-hybridized carbons (Fsp3) is 0.500. The molecule has 0 aromatic heterocycles. The van der Waals surface area contributed by atoms with E-state index in [4.69, 9.17) is 4.74 Å². The third kappa shape index (κ3) is 4.60. The number of nitrogens with zero attached hydrogens (tertiary/aromatic N) is 1. The van der Waals surface area contributed by atoms with Crippen LogP contribution in [0, 0.1) is 5.92 Å². The minimum Gasteiger partial charge on any atom is -0.489 e. The molecule has 4 heteroatoms. The van der Waals surface area contributed by atoms with E-state index >= 15 is 0 Å². The topological polar surface area (TPSA) is 41.6 Å². The lowest BCUT2D eigenvalue weighted by atomic mass is 10.1. The standard InChI is InChI=1S/C18H26N2O2/c1-4-19-18(21)16-9-10-20(12-16)11-15-7-5-6-8-17(15)22-13-14(2)3/h5-8,16H,2,4,9-13H2,1,3H3,(H,19,21)/t16-/m0/s1. The average Bonchev–Trinajstić information content (AvgIpc) is 2.95. The number of benzene rings is 1. The van der Waals surface area contributed by atoms with E-state index < -0.39 is 0 Å². The van der Waals surface area contributed by atoms with Crippen molar-refractivity contribution < 1.29 is 9.53 Å². The van der Waals surface area contributed by atoms with Gasteiger partial charge in [0.15, 0.2) is 0 Å². The van der Waals surface area contributed by atoms with Gasteiger partial charge in [0.1, 0.15) is 12.4 Å². The van der Waals surface area contributed by atoms with E-state index in [9.17, 15) is 4.79 Å². The summed E-state index contributed by atoms with van der Waals surface area (Å²) in [5.41, 5.74) is 2.17. The average molecular weight is 302 g/mol. The summed E-state index contributed by atoms with van der Waals surface area (Å²) < 4.78 is 5.82. The van der Waals surface area contributed by atoms with Crippen LogP contribution in [-0.2, 0) is 11.3 Å². The monoisotopic (exact) mass is 302 g/mol. The SMILES string of the molecule is C=C(C)COc1ccccc1CN1CC[C@H](C(=O)NCC)C1. The molecule has 1 atom stereocenters. The smallest absolute Gasteiger partial charge is 0.224 e. The Labute approximate surface area is 133 Å². The van der Waals surface area contributed by atoms with Gasteiger partial charge in [-0.2, -0.15) is 0 Å². The number of rotatable bonds is 7. The normalized spacial score (nSPS) is 18.2. The van der Waals surface area contributed by atoms with Crippen molar-refractivity contribution in [3.8, 4) is 5.75 Å². The molecule has 0 saturated carbocycles. The lowest BCUT2D eigenvalue weighted by molar-refractivity contribution is -0.124. The van der Waals surface area contributed by atoms with Gasteiger partial charge in [-0.15, -0.1) is 0 Å². The van der Waals surface area contributed by atoms with Crippen molar-refractivity contribution in [2.75, 3.05) is 26.2 Å². The number of ether oxygens (including phenoxy) is 1. The van der Waals surface area contributed by atoms with Crippen LogP contribution in [0.25, 0.3) is 0 Å². The van der Waals surface area contributed by atoms with Crippen LogP contribution in [0.4, 0.5) is 0 Å². The van der Waals surface area contributed by atoms with Gasteiger partial charge in [-0.25, -0.2) is 0 Å². The van der Waals surface area contributed by atoms with Crippen molar-refractivity contribution >= 4 is 5.91 Å². The number of likely N-dealkylation sites (tertiary alicyclic amines) is 1. The Hall–Kier alpha value is -1.81. The first-order chi connectivity index (χ1) is 10.6. The van der Waals surface area contributed by atoms with Gasteiger partial charge >= 0.3 is 0 Å². The van der Waals surface area contributed by atoms with Crippen molar-refractivity contribution in [3.05, 3.63) is 42.0 Å². The molecule has 2 rings (SSSR count). The second-order valence-electron chi connectivity index (χ2n) is 5.97. The maximum absolute atomic E-state index is 11.9. The molecule has 22 heavy (non-hydrogen) atoms. The van der Waals surface area contributed by atoms with Crippen LogP contribution >= 0.6 is 0 Å². The number of nitrogens with one attached hydrogen (secondary N) is 1. The second-order valence-corrected chi connectivity index (χ2v) is 5.97. The van der Waals surface area contributed by atoms with Gasteiger partial charge in [0.2, 0.25) is 5.91 Å². The van der Waals surface area contributed by atoms with E-state index in [1.165, 1.54) is 5.56 Å². The lowest BCUT2D eigenvalue weighted by Crippen LogP contribution is -2.32. The van der Waals surface area contributed by atoms with Gasteiger partial charge in [0, 0.05) is 25.2 Å². The van der Waals surface area contributed by atoms with Crippen LogP contribution in [-0.4, -0.2) is 37.0 Å². The van der Waals surface area contributed by atoms with Gasteiger partial charge in [-0.3, -0.25) is 9.69 Å². The molecule has 1 aromatic rings. The maximum Gasteiger partial charge on any atom is 0.224 e. The molecular weight excluding hydrogens is 276 g/mol. The molecule has 0 bridgehead atoms. The summed E-state index contributed by atoms with van der Waals surface area (Å²) in [4.78, 5) is 14.2. The molecule has 4 nitrogen and oxygen atoms in total. The Morgan fingerprint density at radius 3 is 2.95 bits per heavy atom. The van der Waals surface area contributed by atoms with Crippen molar-refractivity contribution in [1.82, 2.24) is 10.2 Å². The van der Waals surface area contributed by atoms with Gasteiger partial charge in [0.25, 0.3) is 0 Å². The Kier molecular flexibility index (Phi) is 6.01. The van der Waals surface area contributed by atoms with Crippen LogP contribution in [0.1, 0.15) is 25.8 Å². The molecule has 1 saturated heterocycles. The Balaban J connectivity index is 1.94. The van der Waals surface area contributed by atoms with E-state index in [1.54, 1.807) is 0 Å². The summed E-state index contributed by atoms with van der Waals surface area (Å²) in [5, 5.41) is 2.92. The molecule has 1 fully saturated rings. The Morgan fingerprint density at radius 2 is 2.23 bits per heavy atom. The van der Waals surface area contributed by atoms with Crippen LogP contribution in [0.15, 0.2) is 36.4 Å². The van der Waals surface area contributed by atoms with Gasteiger partial charge in [0.05, 0.1) is 5.92 Å². The molecule has 0 unspecified atom stereocenters. The van der Waals surface area contributed by atoms with Gasteiger partial charge in [-0.05, 0) is 38.5 Å². The molecule has 1 N–H and O–H groups in total. The predicted molar refractivity (Wildman–Crippen MR) is 88.8 cm³/mol. The summed E-state index contributed by atoms with van der Waals surface area (Å²) in [6, 6.07) is 8.10. The highest BCUT2D eigenvalue weighted by Crippen LogP contribution is 2.24. The summed E-state index contributed by atoms with van der Waals surface area (Å²) in [6.07, 6.45) is 0.931. The zero-order valence-electron chi connectivity index (χ0n) is 13.6. The lowest BCUT2D eigenvalue weighted by Gasteiger charge is -2.18. The fourth-order valence-corrected chi connectivity index (χ4v) is 2.73. The molecule has 1 aromatic carbocycles. The fourth-order valence-electron chi connectivity index (χ4n) is 2.73. The van der Waals surface area contributed by atoms with E-state index in [2.05, 4.69) is 22.9 Å². The highest BCUT2D eigenvalue weighted by Gasteiger charge is 2.28. The second kappa shape index (κ2) is 7.99. The minimum atomic E-state index is 0.114. The molecule has 0 aliphatic carbocycles. The van der Waals surface area contributed by atoms with Crippen LogP contribution in [0.2, 0.25) is 0 Å². The number of hydrogen-bond donors (Lipinski definition) is 1. The molecule has 1 aliphatic heterocycles. The first kappa shape index (κ1) is 16.6. The molecular formula is C18H26N2O2. The van der Waals surface area contributed by atoms with E-state index in [1.807, 2.05) is 32.0 Å². The highest BCUT2D eigenvalue weighted by molar-refractivity contribution is 5.79. The summed E-state index contributed by atoms with van der Waals surface area (Å²) in [5.74, 6) is 1.20. The first-order valence-corrected chi connectivity index (χ1v) is 7.95. The van der Waals surface area contributed by atoms with E-state index in [0.29, 0.717) is 13.2 Å². The Morgan fingerprint density at radius 1 is 1.45 bits per heavy atom. The molecule has 0 radical (unpaired) electrons. The quantitative estimate of drug-likeness (QED) is 0.787. The molecule has 1 heterocycles. The number of carbonyl (C=O) groups excluding carboxylic acids is 1. The van der Waals surface area contributed by atoms with Gasteiger partial charge < -0.3 is 10.1 Å². The number of amides is 1. The van der Waals surface area contributed by atoms with Crippen LogP contribution in [0.3, 0.4) is 0 Å². The Bertz CT molecular complexity index is 528. The minimum absolute atomic E-state index is 0.114. The molecule has 120 valence electrons. The number of hydrogen-bond acceptors (Lipinski definition) is 3. The predicted octanol–water partition coefficient (Wildman–Crippen LogP) is 2.60. The zero-order chi connectivity index (χ0) is 15.9. The van der Waals surface area contributed by atoms with Crippen LogP contribution < -0.4 is 10.1 Å². The van der Waals surface area contributed by atoms with Crippen LogP contribution in [0.5, 0.6) is 5.75 Å². The largest absolute Gasteiger partial charge is 0.489 e. The third-order valence-corrected chi connectivity index (χ3v) is 3.83. The number of para-hydroxylation sites is 1. The first-order valence-electron chi connectivity index (χ1n) is 7.95. The van der Waals surface area contributed by atoms with Crippen molar-refractivity contribution in [3.63, 3.8) is 0 Å². The zero-order valence-corrected chi connectivity index (χ0v) is 13.6. The van der Waals surface area contributed by atoms with Gasteiger partial charge in [-0.1, -0.05) is 24.8 Å². The molecule has 0 spiro atoms. The summed E-state index contributed by atoms with van der Waals surface area (Å²) in [7, 11) is 0. The van der Waals surface area contributed by atoms with Crippen molar-refractivity contribution in [1.29, 1.82) is 0 Å². The summed E-state index contributed by atoms with van der Waals surface area (Å²) >= 11 is 0. The van der Waals surface area contributed by atoms with Crippen molar-refractivity contribution in [2.45, 2.75) is 26.8 Å². The summed E-state index contributed by atoms with van der Waals surface area (Å²) in [6.45, 7) is 11.6. The highest BCUT2D eigenvalue weighted by atomic mass is 16.5. The van der Waals surface area contributed by atoms with E-state index in [-0.39, 0.29) is 11.8 Å².